The highest BCUT2D eigenvalue weighted by Gasteiger charge is 2.28. The number of esters is 2. The zero-order valence-electron chi connectivity index (χ0n) is 16.6. The summed E-state index contributed by atoms with van der Waals surface area (Å²) in [6, 6.07) is 3.31. The van der Waals surface area contributed by atoms with Crippen LogP contribution in [0.3, 0.4) is 0 Å². The van der Waals surface area contributed by atoms with Crippen molar-refractivity contribution in [2.75, 3.05) is 19.0 Å². The molecule has 1 aromatic carbocycles. The molecule has 0 heterocycles. The van der Waals surface area contributed by atoms with Crippen LogP contribution in [0.2, 0.25) is 0 Å². The Morgan fingerprint density at radius 2 is 2.00 bits per heavy atom. The van der Waals surface area contributed by atoms with Crippen molar-refractivity contribution in [3.8, 4) is 0 Å². The fourth-order valence-corrected chi connectivity index (χ4v) is 2.61. The standard InChI is InChI=1S/C19H25N3O7/c1-4-11(2)17(19(25)28-3)21-16(23)10-29-18(24)12-5-8-14(20-13-6-7-13)15(9-12)22(26)27/h5,8-9,11,13,17,20H,4,6-7,10H2,1-3H3,(H,21,23)/t11-,17-/m1/s1. The van der Waals surface area contributed by atoms with Gasteiger partial charge >= 0.3 is 11.9 Å². The molecule has 1 fully saturated rings. The SMILES string of the molecule is CC[C@@H](C)[C@@H](NC(=O)COC(=O)c1ccc(NC2CC2)c([N+](=O)[O-])c1)C(=O)OC. The molecule has 0 spiro atoms. The molecule has 2 atom stereocenters. The van der Waals surface area contributed by atoms with E-state index in [0.29, 0.717) is 12.1 Å². The number of rotatable bonds is 10. The summed E-state index contributed by atoms with van der Waals surface area (Å²) in [6.45, 7) is 3.02. The number of hydrogen-bond acceptors (Lipinski definition) is 8. The number of ether oxygens (including phenoxy) is 2. The molecule has 10 heteroatoms. The number of nitro groups is 1. The Morgan fingerprint density at radius 1 is 1.31 bits per heavy atom. The highest BCUT2D eigenvalue weighted by molar-refractivity contribution is 5.93. The van der Waals surface area contributed by atoms with E-state index in [1.807, 2.05) is 6.92 Å². The van der Waals surface area contributed by atoms with Crippen molar-refractivity contribution in [2.45, 2.75) is 45.2 Å². The van der Waals surface area contributed by atoms with E-state index < -0.39 is 35.4 Å². The molecule has 1 aliphatic carbocycles. The van der Waals surface area contributed by atoms with Crippen LogP contribution in [0.25, 0.3) is 0 Å². The zero-order valence-corrected chi connectivity index (χ0v) is 16.6. The van der Waals surface area contributed by atoms with Crippen LogP contribution in [0.15, 0.2) is 18.2 Å². The minimum absolute atomic E-state index is 0.0442. The summed E-state index contributed by atoms with van der Waals surface area (Å²) in [4.78, 5) is 46.8. The molecule has 1 amide bonds. The minimum atomic E-state index is -0.876. The molecule has 1 aromatic rings. The van der Waals surface area contributed by atoms with Crippen molar-refractivity contribution in [1.29, 1.82) is 0 Å². The highest BCUT2D eigenvalue weighted by atomic mass is 16.6. The van der Waals surface area contributed by atoms with Gasteiger partial charge in [-0.1, -0.05) is 20.3 Å². The normalized spacial score (nSPS) is 15.0. The van der Waals surface area contributed by atoms with Gasteiger partial charge in [0.05, 0.1) is 17.6 Å². The van der Waals surface area contributed by atoms with Gasteiger partial charge in [-0.2, -0.15) is 0 Å². The van der Waals surface area contributed by atoms with Crippen LogP contribution in [0.1, 0.15) is 43.5 Å². The molecule has 0 unspecified atom stereocenters. The molecular weight excluding hydrogens is 382 g/mol. The number of carbonyl (C=O) groups is 3. The number of hydrogen-bond donors (Lipinski definition) is 2. The van der Waals surface area contributed by atoms with E-state index in [4.69, 9.17) is 4.74 Å². The van der Waals surface area contributed by atoms with Gasteiger partial charge in [-0.15, -0.1) is 0 Å². The smallest absolute Gasteiger partial charge is 0.338 e. The first-order valence-corrected chi connectivity index (χ1v) is 9.36. The molecule has 0 radical (unpaired) electrons. The Bertz CT molecular complexity index is 792. The fourth-order valence-electron chi connectivity index (χ4n) is 2.61. The van der Waals surface area contributed by atoms with E-state index >= 15 is 0 Å². The molecule has 0 aliphatic heterocycles. The fraction of sp³-hybridized carbons (Fsp3) is 0.526. The number of nitrogens with one attached hydrogen (secondary N) is 2. The van der Waals surface area contributed by atoms with Crippen molar-refractivity contribution in [2.24, 2.45) is 5.92 Å². The lowest BCUT2D eigenvalue weighted by Gasteiger charge is -2.21. The lowest BCUT2D eigenvalue weighted by molar-refractivity contribution is -0.384. The lowest BCUT2D eigenvalue weighted by atomic mass is 9.99. The van der Waals surface area contributed by atoms with Crippen LogP contribution >= 0.6 is 0 Å². The second-order valence-corrected chi connectivity index (χ2v) is 6.94. The van der Waals surface area contributed by atoms with Crippen LogP contribution in [0.4, 0.5) is 11.4 Å². The zero-order chi connectivity index (χ0) is 21.6. The maximum atomic E-state index is 12.2. The number of benzene rings is 1. The van der Waals surface area contributed by atoms with Crippen molar-refractivity contribution in [1.82, 2.24) is 5.32 Å². The third-order valence-electron chi connectivity index (χ3n) is 4.69. The van der Waals surface area contributed by atoms with Gasteiger partial charge < -0.3 is 20.1 Å². The van der Waals surface area contributed by atoms with Gasteiger partial charge in [0.2, 0.25) is 0 Å². The second kappa shape index (κ2) is 9.85. The predicted molar refractivity (Wildman–Crippen MR) is 103 cm³/mol. The third-order valence-corrected chi connectivity index (χ3v) is 4.69. The van der Waals surface area contributed by atoms with Gasteiger partial charge in [0.25, 0.3) is 11.6 Å². The first kappa shape index (κ1) is 22.1. The Kier molecular flexibility index (Phi) is 7.52. The van der Waals surface area contributed by atoms with E-state index in [1.165, 1.54) is 19.2 Å². The van der Waals surface area contributed by atoms with Gasteiger partial charge in [0.15, 0.2) is 6.61 Å². The average molecular weight is 407 g/mol. The van der Waals surface area contributed by atoms with E-state index in [2.05, 4.69) is 15.4 Å². The number of anilines is 1. The minimum Gasteiger partial charge on any atom is -0.467 e. The van der Waals surface area contributed by atoms with Gasteiger partial charge in [-0.3, -0.25) is 14.9 Å². The van der Waals surface area contributed by atoms with Crippen LogP contribution in [-0.4, -0.2) is 48.6 Å². The number of carbonyl (C=O) groups excluding carboxylic acids is 3. The summed E-state index contributed by atoms with van der Waals surface area (Å²) < 4.78 is 9.62. The molecule has 0 aromatic heterocycles. The maximum absolute atomic E-state index is 12.2. The largest absolute Gasteiger partial charge is 0.467 e. The first-order chi connectivity index (χ1) is 13.8. The van der Waals surface area contributed by atoms with Crippen LogP contribution in [0.5, 0.6) is 0 Å². The number of nitro benzene ring substituents is 1. The summed E-state index contributed by atoms with van der Waals surface area (Å²) in [6.07, 6.45) is 2.52. The van der Waals surface area contributed by atoms with Crippen LogP contribution in [-0.2, 0) is 19.1 Å². The summed E-state index contributed by atoms with van der Waals surface area (Å²) in [5.74, 6) is -2.31. The van der Waals surface area contributed by atoms with Gasteiger partial charge in [0, 0.05) is 12.1 Å². The van der Waals surface area contributed by atoms with Crippen molar-refractivity contribution in [3.63, 3.8) is 0 Å². The number of amides is 1. The topological polar surface area (TPSA) is 137 Å². The summed E-state index contributed by atoms with van der Waals surface area (Å²) >= 11 is 0. The Hall–Kier alpha value is -3.17. The Balaban J connectivity index is 1.98. The highest BCUT2D eigenvalue weighted by Crippen LogP contribution is 2.31. The molecule has 1 aliphatic rings. The molecule has 10 nitrogen and oxygen atoms in total. The molecule has 2 rings (SSSR count). The lowest BCUT2D eigenvalue weighted by Crippen LogP contribution is -2.47. The van der Waals surface area contributed by atoms with Gasteiger partial charge in [-0.05, 0) is 30.9 Å². The second-order valence-electron chi connectivity index (χ2n) is 6.94. The third kappa shape index (κ3) is 6.16. The number of methoxy groups -OCH3 is 1. The maximum Gasteiger partial charge on any atom is 0.338 e. The predicted octanol–water partition coefficient (Wildman–Crippen LogP) is 2.03. The van der Waals surface area contributed by atoms with Crippen molar-refractivity contribution >= 4 is 29.2 Å². The quantitative estimate of drug-likeness (QED) is 0.341. The molecule has 158 valence electrons. The van der Waals surface area contributed by atoms with Crippen molar-refractivity contribution in [3.05, 3.63) is 33.9 Å². The summed E-state index contributed by atoms with van der Waals surface area (Å²) in [5.41, 5.74) is 0.0527. The molecule has 0 saturated heterocycles. The Morgan fingerprint density at radius 3 is 2.55 bits per heavy atom. The monoisotopic (exact) mass is 407 g/mol. The molecular formula is C19H25N3O7. The van der Waals surface area contributed by atoms with Gasteiger partial charge in [-0.25, -0.2) is 9.59 Å². The van der Waals surface area contributed by atoms with Gasteiger partial charge in [0.1, 0.15) is 11.7 Å². The molecule has 29 heavy (non-hydrogen) atoms. The summed E-state index contributed by atoms with van der Waals surface area (Å²) in [5, 5.41) is 16.8. The molecule has 0 bridgehead atoms. The van der Waals surface area contributed by atoms with Crippen molar-refractivity contribution < 1.29 is 28.8 Å². The Labute approximate surface area is 168 Å². The van der Waals surface area contributed by atoms with Crippen LogP contribution < -0.4 is 10.6 Å². The molecule has 2 N–H and O–H groups in total. The van der Waals surface area contributed by atoms with E-state index in [-0.39, 0.29) is 23.2 Å². The van der Waals surface area contributed by atoms with E-state index in [9.17, 15) is 24.5 Å². The molecule has 1 saturated carbocycles. The van der Waals surface area contributed by atoms with E-state index in [1.54, 1.807) is 6.92 Å². The van der Waals surface area contributed by atoms with E-state index in [0.717, 1.165) is 18.9 Å². The average Bonchev–Trinajstić information content (AvgIpc) is 3.53. The number of nitrogens with zero attached hydrogens (tertiary/aromatic N) is 1. The summed E-state index contributed by atoms with van der Waals surface area (Å²) in [7, 11) is 1.22. The first-order valence-electron chi connectivity index (χ1n) is 9.36. The van der Waals surface area contributed by atoms with Crippen LogP contribution in [0, 0.1) is 16.0 Å².